The molecule has 2 aromatic rings. The first kappa shape index (κ1) is 14.0. The number of aliphatic hydroxyl groups is 1. The Balaban J connectivity index is 1.92. The molecule has 0 saturated heterocycles. The lowest BCUT2D eigenvalue weighted by Gasteiger charge is -2.20. The molecule has 1 atom stereocenters. The summed E-state index contributed by atoms with van der Waals surface area (Å²) in [7, 11) is 1.65. The minimum Gasteiger partial charge on any atom is -0.496 e. The highest BCUT2D eigenvalue weighted by atomic mass is 16.5. The molecule has 2 aromatic carbocycles. The van der Waals surface area contributed by atoms with Crippen molar-refractivity contribution < 1.29 is 14.6 Å². The molecular weight excluding hydrogens is 264 g/mol. The smallest absolute Gasteiger partial charge is 0.122 e. The van der Waals surface area contributed by atoms with E-state index < -0.39 is 6.10 Å². The number of hydrogen-bond acceptors (Lipinski definition) is 3. The van der Waals surface area contributed by atoms with E-state index in [9.17, 15) is 5.11 Å². The maximum Gasteiger partial charge on any atom is 0.122 e. The van der Waals surface area contributed by atoms with Gasteiger partial charge in [0.05, 0.1) is 13.7 Å². The van der Waals surface area contributed by atoms with Crippen LogP contribution in [0.25, 0.3) is 0 Å². The Labute approximate surface area is 125 Å². The monoisotopic (exact) mass is 284 g/mol. The summed E-state index contributed by atoms with van der Waals surface area (Å²) in [5.41, 5.74) is 3.98. The summed E-state index contributed by atoms with van der Waals surface area (Å²) in [6, 6.07) is 11.7. The maximum absolute atomic E-state index is 10.6. The van der Waals surface area contributed by atoms with Crippen LogP contribution in [0.2, 0.25) is 0 Å². The first-order valence-electron chi connectivity index (χ1n) is 7.27. The van der Waals surface area contributed by atoms with Crippen molar-refractivity contribution in [2.24, 2.45) is 0 Å². The molecule has 1 unspecified atom stereocenters. The molecule has 0 radical (unpaired) electrons. The van der Waals surface area contributed by atoms with E-state index in [1.807, 2.05) is 43.3 Å². The largest absolute Gasteiger partial charge is 0.496 e. The minimum atomic E-state index is -0.647. The van der Waals surface area contributed by atoms with E-state index in [1.165, 1.54) is 5.56 Å². The van der Waals surface area contributed by atoms with Gasteiger partial charge < -0.3 is 14.6 Å². The van der Waals surface area contributed by atoms with Crippen LogP contribution >= 0.6 is 0 Å². The van der Waals surface area contributed by atoms with Gasteiger partial charge in [0.25, 0.3) is 0 Å². The molecule has 0 amide bonds. The lowest BCUT2D eigenvalue weighted by molar-refractivity contribution is 0.219. The lowest BCUT2D eigenvalue weighted by atomic mass is 9.96. The Morgan fingerprint density at radius 3 is 2.71 bits per heavy atom. The fourth-order valence-corrected chi connectivity index (χ4v) is 2.75. The van der Waals surface area contributed by atoms with Crippen LogP contribution in [0.15, 0.2) is 36.4 Å². The fourth-order valence-electron chi connectivity index (χ4n) is 2.75. The first-order valence-corrected chi connectivity index (χ1v) is 7.27. The Morgan fingerprint density at radius 2 is 1.90 bits per heavy atom. The van der Waals surface area contributed by atoms with Crippen LogP contribution in [0.3, 0.4) is 0 Å². The highest BCUT2D eigenvalue weighted by Crippen LogP contribution is 2.32. The summed E-state index contributed by atoms with van der Waals surface area (Å²) in [5, 5.41) is 10.6. The van der Waals surface area contributed by atoms with E-state index in [-0.39, 0.29) is 0 Å². The number of hydrogen-bond donors (Lipinski definition) is 1. The molecule has 110 valence electrons. The van der Waals surface area contributed by atoms with Crippen molar-refractivity contribution in [2.45, 2.75) is 25.9 Å². The van der Waals surface area contributed by atoms with Crippen molar-refractivity contribution in [1.29, 1.82) is 0 Å². The van der Waals surface area contributed by atoms with E-state index in [0.717, 1.165) is 47.6 Å². The van der Waals surface area contributed by atoms with E-state index in [1.54, 1.807) is 7.11 Å². The van der Waals surface area contributed by atoms with E-state index in [2.05, 4.69) is 0 Å². The van der Waals surface area contributed by atoms with Crippen molar-refractivity contribution in [3.05, 3.63) is 58.7 Å². The van der Waals surface area contributed by atoms with Gasteiger partial charge in [-0.3, -0.25) is 0 Å². The van der Waals surface area contributed by atoms with Crippen LogP contribution in [0.1, 0.15) is 34.8 Å². The zero-order chi connectivity index (χ0) is 14.8. The van der Waals surface area contributed by atoms with Gasteiger partial charge in [-0.15, -0.1) is 0 Å². The Morgan fingerprint density at radius 1 is 1.14 bits per heavy atom. The second-order valence-corrected chi connectivity index (χ2v) is 5.45. The molecule has 3 nitrogen and oxygen atoms in total. The highest BCUT2D eigenvalue weighted by molar-refractivity contribution is 5.44. The van der Waals surface area contributed by atoms with Crippen LogP contribution in [0.5, 0.6) is 11.5 Å². The Kier molecular flexibility index (Phi) is 3.84. The third kappa shape index (κ3) is 2.74. The van der Waals surface area contributed by atoms with Gasteiger partial charge in [-0.1, -0.05) is 18.2 Å². The summed E-state index contributed by atoms with van der Waals surface area (Å²) in [4.78, 5) is 0. The van der Waals surface area contributed by atoms with Crippen LogP contribution in [-0.2, 0) is 6.42 Å². The fraction of sp³-hybridized carbons (Fsp3) is 0.333. The number of fused-ring (bicyclic) bond motifs is 1. The van der Waals surface area contributed by atoms with Crippen molar-refractivity contribution in [3.8, 4) is 11.5 Å². The predicted molar refractivity (Wildman–Crippen MR) is 82.1 cm³/mol. The summed E-state index contributed by atoms with van der Waals surface area (Å²) >= 11 is 0. The average molecular weight is 284 g/mol. The van der Waals surface area contributed by atoms with Crippen molar-refractivity contribution in [3.63, 3.8) is 0 Å². The van der Waals surface area contributed by atoms with Gasteiger partial charge in [-0.2, -0.15) is 0 Å². The molecule has 3 rings (SSSR count). The standard InChI is InChI=1S/C18H20O3/c1-12-5-6-15(11-17(12)20-2)18(19)14-7-8-16-13(10-14)4-3-9-21-16/h5-8,10-11,18-19H,3-4,9H2,1-2H3. The lowest BCUT2D eigenvalue weighted by Crippen LogP contribution is -2.09. The molecule has 1 aliphatic rings. The molecule has 0 fully saturated rings. The Bertz CT molecular complexity index is 649. The van der Waals surface area contributed by atoms with E-state index in [0.29, 0.717) is 0 Å². The van der Waals surface area contributed by atoms with Gasteiger partial charge in [0.1, 0.15) is 17.6 Å². The maximum atomic E-state index is 10.6. The van der Waals surface area contributed by atoms with Crippen molar-refractivity contribution in [1.82, 2.24) is 0 Å². The molecule has 0 aliphatic carbocycles. The zero-order valence-electron chi connectivity index (χ0n) is 12.4. The highest BCUT2D eigenvalue weighted by Gasteiger charge is 2.16. The molecule has 1 heterocycles. The third-order valence-electron chi connectivity index (χ3n) is 4.00. The number of methoxy groups -OCH3 is 1. The van der Waals surface area contributed by atoms with Crippen LogP contribution in [-0.4, -0.2) is 18.8 Å². The molecule has 1 aliphatic heterocycles. The molecule has 0 bridgehead atoms. The van der Waals surface area contributed by atoms with E-state index in [4.69, 9.17) is 9.47 Å². The second kappa shape index (κ2) is 5.78. The zero-order valence-corrected chi connectivity index (χ0v) is 12.4. The topological polar surface area (TPSA) is 38.7 Å². The van der Waals surface area contributed by atoms with Crippen molar-refractivity contribution >= 4 is 0 Å². The van der Waals surface area contributed by atoms with Gasteiger partial charge in [-0.05, 0) is 60.2 Å². The Hall–Kier alpha value is -2.00. The number of aryl methyl sites for hydroxylation is 2. The first-order chi connectivity index (χ1) is 10.2. The second-order valence-electron chi connectivity index (χ2n) is 5.45. The molecule has 1 N–H and O–H groups in total. The van der Waals surface area contributed by atoms with Crippen LogP contribution in [0, 0.1) is 6.92 Å². The SMILES string of the molecule is COc1cc(C(O)c2ccc3c(c2)CCCO3)ccc1C. The normalized spacial score (nSPS) is 15.0. The van der Waals surface area contributed by atoms with Gasteiger partial charge >= 0.3 is 0 Å². The quantitative estimate of drug-likeness (QED) is 0.938. The third-order valence-corrected chi connectivity index (χ3v) is 4.00. The average Bonchev–Trinajstić information content (AvgIpc) is 2.54. The number of ether oxygens (including phenoxy) is 2. The summed E-state index contributed by atoms with van der Waals surface area (Å²) in [5.74, 6) is 1.74. The number of benzene rings is 2. The van der Waals surface area contributed by atoms with Crippen LogP contribution in [0.4, 0.5) is 0 Å². The summed E-state index contributed by atoms with van der Waals surface area (Å²) < 4.78 is 10.9. The molecule has 0 spiro atoms. The van der Waals surface area contributed by atoms with E-state index >= 15 is 0 Å². The molecule has 0 aromatic heterocycles. The molecular formula is C18H20O3. The van der Waals surface area contributed by atoms with Gasteiger partial charge in [0.2, 0.25) is 0 Å². The van der Waals surface area contributed by atoms with Gasteiger partial charge in [0, 0.05) is 0 Å². The summed E-state index contributed by atoms with van der Waals surface area (Å²) in [6.07, 6.45) is 1.39. The van der Waals surface area contributed by atoms with Gasteiger partial charge in [0.15, 0.2) is 0 Å². The number of aliphatic hydroxyl groups excluding tert-OH is 1. The van der Waals surface area contributed by atoms with Crippen molar-refractivity contribution in [2.75, 3.05) is 13.7 Å². The van der Waals surface area contributed by atoms with Crippen LogP contribution < -0.4 is 9.47 Å². The summed E-state index contributed by atoms with van der Waals surface area (Å²) in [6.45, 7) is 2.77. The molecule has 3 heteroatoms. The number of rotatable bonds is 3. The molecule has 0 saturated carbocycles. The van der Waals surface area contributed by atoms with Gasteiger partial charge in [-0.25, -0.2) is 0 Å². The predicted octanol–water partition coefficient (Wildman–Crippen LogP) is 3.41. The molecule has 21 heavy (non-hydrogen) atoms. The minimum absolute atomic E-state index is 0.647.